The average molecular weight is 488 g/mol. The number of amides is 1. The van der Waals surface area contributed by atoms with Crippen LogP contribution >= 0.6 is 11.8 Å². The van der Waals surface area contributed by atoms with Crippen molar-refractivity contribution in [3.05, 3.63) is 58.4 Å². The number of nitrogens with zero attached hydrogens (tertiary/aromatic N) is 4. The first kappa shape index (κ1) is 23.8. The SMILES string of the molecule is CC[C@H](C)c1ccc(-n2c(C)cc(/C=C3\C(=N)N4N=C(C5CCCCC5)SC4=NC3=O)c2C)cc1. The van der Waals surface area contributed by atoms with E-state index in [1.807, 2.05) is 0 Å². The van der Waals surface area contributed by atoms with Crippen molar-refractivity contribution < 1.29 is 4.79 Å². The van der Waals surface area contributed by atoms with Gasteiger partial charge in [0.2, 0.25) is 5.17 Å². The molecule has 0 spiro atoms. The highest BCUT2D eigenvalue weighted by Gasteiger charge is 2.38. The van der Waals surface area contributed by atoms with Crippen LogP contribution in [0.25, 0.3) is 11.8 Å². The fourth-order valence-corrected chi connectivity index (χ4v) is 6.25. The predicted octanol–water partition coefficient (Wildman–Crippen LogP) is 6.81. The van der Waals surface area contributed by atoms with Crippen molar-refractivity contribution in [1.29, 1.82) is 5.41 Å². The van der Waals surface area contributed by atoms with Crippen LogP contribution in [0.4, 0.5) is 0 Å². The summed E-state index contributed by atoms with van der Waals surface area (Å²) in [5, 5.41) is 16.6. The van der Waals surface area contributed by atoms with Crippen LogP contribution in [-0.2, 0) is 4.79 Å². The molecule has 1 aromatic heterocycles. The van der Waals surface area contributed by atoms with Gasteiger partial charge < -0.3 is 4.57 Å². The van der Waals surface area contributed by atoms with Gasteiger partial charge >= 0.3 is 0 Å². The molecule has 0 unspecified atom stereocenters. The van der Waals surface area contributed by atoms with Crippen LogP contribution in [-0.4, -0.2) is 31.5 Å². The first-order valence-corrected chi connectivity index (χ1v) is 13.5. The van der Waals surface area contributed by atoms with E-state index in [1.165, 1.54) is 36.6 Å². The van der Waals surface area contributed by atoms with E-state index in [0.717, 1.165) is 46.9 Å². The number of thioether (sulfide) groups is 1. The lowest BCUT2D eigenvalue weighted by Gasteiger charge is -2.20. The Labute approximate surface area is 211 Å². The number of carbonyl (C=O) groups excluding carboxylic acids is 1. The molecule has 0 radical (unpaired) electrons. The van der Waals surface area contributed by atoms with E-state index < -0.39 is 0 Å². The zero-order valence-corrected chi connectivity index (χ0v) is 21.8. The normalized spacial score (nSPS) is 20.8. The van der Waals surface area contributed by atoms with Gasteiger partial charge in [-0.3, -0.25) is 10.2 Å². The zero-order chi connectivity index (χ0) is 24.7. The van der Waals surface area contributed by atoms with Gasteiger partial charge in [0, 0.05) is 23.0 Å². The van der Waals surface area contributed by atoms with E-state index >= 15 is 0 Å². The van der Waals surface area contributed by atoms with Gasteiger partial charge in [0.05, 0.1) is 5.57 Å². The molecule has 6 nitrogen and oxygen atoms in total. The Bertz CT molecular complexity index is 1260. The van der Waals surface area contributed by atoms with Crippen molar-refractivity contribution in [3.8, 4) is 5.69 Å². The second-order valence-electron chi connectivity index (χ2n) is 9.86. The Morgan fingerprint density at radius 3 is 2.57 bits per heavy atom. The summed E-state index contributed by atoms with van der Waals surface area (Å²) >= 11 is 1.46. The molecule has 1 N–H and O–H groups in total. The first-order chi connectivity index (χ1) is 16.9. The molecule has 2 aliphatic heterocycles. The van der Waals surface area contributed by atoms with Crippen molar-refractivity contribution in [3.63, 3.8) is 0 Å². The number of carbonyl (C=O) groups is 1. The van der Waals surface area contributed by atoms with Crippen LogP contribution in [0.2, 0.25) is 0 Å². The zero-order valence-electron chi connectivity index (χ0n) is 21.0. The van der Waals surface area contributed by atoms with Crippen LogP contribution in [0.15, 0.2) is 46.0 Å². The Kier molecular flexibility index (Phi) is 6.53. The number of rotatable bonds is 5. The number of hydrazone groups is 1. The number of nitrogens with one attached hydrogen (secondary N) is 1. The van der Waals surface area contributed by atoms with Crippen molar-refractivity contribution in [2.24, 2.45) is 16.0 Å². The third kappa shape index (κ3) is 4.42. The van der Waals surface area contributed by atoms with E-state index in [4.69, 9.17) is 10.5 Å². The van der Waals surface area contributed by atoms with Gasteiger partial charge in [0.1, 0.15) is 5.04 Å². The first-order valence-electron chi connectivity index (χ1n) is 12.7. The molecule has 0 bridgehead atoms. The molecule has 1 saturated carbocycles. The maximum atomic E-state index is 12.9. The largest absolute Gasteiger partial charge is 0.318 e. The summed E-state index contributed by atoms with van der Waals surface area (Å²) in [4.78, 5) is 17.2. The molecule has 35 heavy (non-hydrogen) atoms. The summed E-state index contributed by atoms with van der Waals surface area (Å²) in [7, 11) is 0. The molecule has 3 aliphatic rings. The molecule has 1 amide bonds. The van der Waals surface area contributed by atoms with E-state index in [-0.39, 0.29) is 17.3 Å². The highest BCUT2D eigenvalue weighted by molar-refractivity contribution is 8.27. The number of hydrogen-bond donors (Lipinski definition) is 1. The number of aliphatic imine (C=N–C) groups is 1. The number of amidine groups is 2. The number of aryl methyl sites for hydroxylation is 1. The lowest BCUT2D eigenvalue weighted by molar-refractivity contribution is -0.114. The van der Waals surface area contributed by atoms with Gasteiger partial charge in [-0.15, -0.1) is 0 Å². The van der Waals surface area contributed by atoms with Crippen LogP contribution in [0.5, 0.6) is 0 Å². The quantitative estimate of drug-likeness (QED) is 0.471. The van der Waals surface area contributed by atoms with Crippen LogP contribution < -0.4 is 0 Å². The van der Waals surface area contributed by atoms with Crippen LogP contribution in [0.3, 0.4) is 0 Å². The minimum Gasteiger partial charge on any atom is -0.318 e. The highest BCUT2D eigenvalue weighted by Crippen LogP contribution is 2.36. The fourth-order valence-electron chi connectivity index (χ4n) is 5.20. The van der Waals surface area contributed by atoms with E-state index in [2.05, 4.69) is 67.6 Å². The smallest absolute Gasteiger partial charge is 0.283 e. The number of fused-ring (bicyclic) bond motifs is 1. The molecule has 1 aliphatic carbocycles. The average Bonchev–Trinajstić information content (AvgIpc) is 3.42. The summed E-state index contributed by atoms with van der Waals surface area (Å²) in [5.74, 6) is 0.704. The van der Waals surface area contributed by atoms with Crippen LogP contribution in [0.1, 0.15) is 80.8 Å². The predicted molar refractivity (Wildman–Crippen MR) is 146 cm³/mol. The number of aromatic nitrogens is 1. The fraction of sp³-hybridized carbons (Fsp3) is 0.429. The minimum absolute atomic E-state index is 0.112. The summed E-state index contributed by atoms with van der Waals surface area (Å²) in [6.07, 6.45) is 8.88. The Hall–Kier alpha value is -2.93. The van der Waals surface area contributed by atoms with Gasteiger partial charge in [-0.25, -0.2) is 0 Å². The van der Waals surface area contributed by atoms with Gasteiger partial charge in [-0.05, 0) is 86.2 Å². The van der Waals surface area contributed by atoms with E-state index in [9.17, 15) is 4.79 Å². The third-order valence-electron chi connectivity index (χ3n) is 7.53. The molecular formula is C28H33N5OS. The van der Waals surface area contributed by atoms with Crippen molar-refractivity contribution in [2.45, 2.75) is 72.1 Å². The molecule has 1 fully saturated rings. The molecule has 182 valence electrons. The maximum Gasteiger partial charge on any atom is 0.283 e. The molecule has 2 aromatic rings. The molecule has 5 rings (SSSR count). The number of benzene rings is 1. The monoisotopic (exact) mass is 487 g/mol. The molecule has 7 heteroatoms. The Morgan fingerprint density at radius 1 is 1.17 bits per heavy atom. The second-order valence-corrected chi connectivity index (χ2v) is 10.8. The summed E-state index contributed by atoms with van der Waals surface area (Å²) in [6, 6.07) is 10.8. The Morgan fingerprint density at radius 2 is 1.89 bits per heavy atom. The lowest BCUT2D eigenvalue weighted by atomic mass is 9.90. The van der Waals surface area contributed by atoms with Crippen LogP contribution in [0, 0.1) is 25.2 Å². The van der Waals surface area contributed by atoms with E-state index in [0.29, 0.717) is 17.0 Å². The molecule has 3 heterocycles. The van der Waals surface area contributed by atoms with Gasteiger partial charge in [0.25, 0.3) is 5.91 Å². The molecular weight excluding hydrogens is 454 g/mol. The summed E-state index contributed by atoms with van der Waals surface area (Å²) in [6.45, 7) is 8.58. The van der Waals surface area contributed by atoms with Crippen molar-refractivity contribution >= 4 is 39.8 Å². The standard InChI is InChI=1S/C28H33N5OS/c1-5-17(2)20-11-13-23(14-12-20)32-18(3)15-22(19(32)4)16-24-25(29)33-28(30-26(24)34)35-27(31-33)21-9-7-6-8-10-21/h11-17,21,29H,5-10H2,1-4H3/b24-16+,29-25?/t17-/m0/s1. The second kappa shape index (κ2) is 9.61. The van der Waals surface area contributed by atoms with Gasteiger partial charge in [-0.2, -0.15) is 15.1 Å². The van der Waals surface area contributed by atoms with E-state index in [1.54, 1.807) is 11.1 Å². The summed E-state index contributed by atoms with van der Waals surface area (Å²) < 4.78 is 2.20. The highest BCUT2D eigenvalue weighted by atomic mass is 32.2. The molecule has 1 atom stereocenters. The third-order valence-corrected chi connectivity index (χ3v) is 8.60. The molecule has 0 saturated heterocycles. The van der Waals surface area contributed by atoms with Gasteiger partial charge in [-0.1, -0.05) is 45.2 Å². The van der Waals surface area contributed by atoms with Crippen molar-refractivity contribution in [1.82, 2.24) is 9.58 Å². The summed E-state index contributed by atoms with van der Waals surface area (Å²) in [5.41, 5.74) is 5.76. The van der Waals surface area contributed by atoms with Gasteiger partial charge in [0.15, 0.2) is 5.84 Å². The van der Waals surface area contributed by atoms with Crippen molar-refractivity contribution in [2.75, 3.05) is 0 Å². The molecule has 1 aromatic carbocycles. The Balaban J connectivity index is 1.44. The lowest BCUT2D eigenvalue weighted by Crippen LogP contribution is -2.35. The maximum absolute atomic E-state index is 12.9. The topological polar surface area (TPSA) is 73.8 Å². The number of hydrogen-bond acceptors (Lipinski definition) is 4. The minimum atomic E-state index is -0.364.